The van der Waals surface area contributed by atoms with E-state index in [0.717, 1.165) is 11.5 Å². The van der Waals surface area contributed by atoms with Crippen molar-refractivity contribution in [1.29, 1.82) is 0 Å². The lowest BCUT2D eigenvalue weighted by molar-refractivity contribution is -0.136. The van der Waals surface area contributed by atoms with Gasteiger partial charge in [-0.25, -0.2) is 8.42 Å². The first-order valence-corrected chi connectivity index (χ1v) is 11.1. The van der Waals surface area contributed by atoms with Gasteiger partial charge in [-0.1, -0.05) is 23.2 Å². The summed E-state index contributed by atoms with van der Waals surface area (Å²) < 4.78 is 32.7. The van der Waals surface area contributed by atoms with E-state index in [1.54, 1.807) is 18.0 Å². The molecule has 1 fully saturated rings. The van der Waals surface area contributed by atoms with Crippen molar-refractivity contribution in [1.82, 2.24) is 9.21 Å². The van der Waals surface area contributed by atoms with Gasteiger partial charge in [0.1, 0.15) is 16.4 Å². The molecule has 1 saturated heterocycles. The van der Waals surface area contributed by atoms with Crippen molar-refractivity contribution in [3.63, 3.8) is 0 Å². The second kappa shape index (κ2) is 8.45. The van der Waals surface area contributed by atoms with Crippen LogP contribution in [0, 0.1) is 12.8 Å². The summed E-state index contributed by atoms with van der Waals surface area (Å²) in [6, 6.07) is 8.08. The van der Waals surface area contributed by atoms with Gasteiger partial charge >= 0.3 is 0 Å². The second-order valence-electron chi connectivity index (χ2n) is 6.96. The molecular weight excluding hydrogens is 423 g/mol. The van der Waals surface area contributed by atoms with Crippen molar-refractivity contribution in [3.8, 4) is 0 Å². The minimum absolute atomic E-state index is 0.00301. The summed E-state index contributed by atoms with van der Waals surface area (Å²) in [5, 5.41) is 0.443. The van der Waals surface area contributed by atoms with Gasteiger partial charge in [0.2, 0.25) is 15.9 Å². The average Bonchev–Trinajstić information content (AvgIpc) is 3.07. The Morgan fingerprint density at radius 3 is 2.50 bits per heavy atom. The molecule has 1 aromatic heterocycles. The summed E-state index contributed by atoms with van der Waals surface area (Å²) in [4.78, 5) is 14.3. The maximum absolute atomic E-state index is 12.9. The third kappa shape index (κ3) is 4.54. The van der Waals surface area contributed by atoms with Crippen LogP contribution in [0.4, 0.5) is 0 Å². The zero-order chi connectivity index (χ0) is 20.5. The zero-order valence-electron chi connectivity index (χ0n) is 15.7. The van der Waals surface area contributed by atoms with Gasteiger partial charge in [-0.05, 0) is 50.1 Å². The highest BCUT2D eigenvalue weighted by atomic mass is 35.5. The Bertz CT molecular complexity index is 966. The van der Waals surface area contributed by atoms with E-state index in [1.165, 1.54) is 16.4 Å². The first-order valence-electron chi connectivity index (χ1n) is 8.94. The molecule has 0 radical (unpaired) electrons. The third-order valence-electron chi connectivity index (χ3n) is 4.88. The molecule has 152 valence electrons. The van der Waals surface area contributed by atoms with Crippen LogP contribution in [0.5, 0.6) is 0 Å². The molecule has 1 aliphatic rings. The van der Waals surface area contributed by atoms with Crippen molar-refractivity contribution < 1.29 is 17.6 Å². The number of hydrogen-bond donors (Lipinski definition) is 0. The molecular formula is C19H22Cl2N2O4S. The van der Waals surface area contributed by atoms with Crippen molar-refractivity contribution in [2.75, 3.05) is 20.1 Å². The molecule has 0 unspecified atom stereocenters. The van der Waals surface area contributed by atoms with Crippen LogP contribution >= 0.6 is 23.2 Å². The molecule has 9 heteroatoms. The summed E-state index contributed by atoms with van der Waals surface area (Å²) in [6.07, 6.45) is 0.912. The fourth-order valence-electron chi connectivity index (χ4n) is 3.35. The smallest absolute Gasteiger partial charge is 0.244 e. The molecule has 6 nitrogen and oxygen atoms in total. The largest absolute Gasteiger partial charge is 0.464 e. The Hall–Kier alpha value is -1.54. The standard InChI is InChI=1S/C19H22Cl2N2O4S/c1-13-3-5-16(27-13)12-22(2)19(24)14-7-9-23(10-8-14)28(25,26)18-11-15(20)4-6-17(18)21/h3-6,11,14H,7-10,12H2,1-2H3. The van der Waals surface area contributed by atoms with Crippen LogP contribution in [0.15, 0.2) is 39.6 Å². The molecule has 0 spiro atoms. The number of rotatable bonds is 5. The van der Waals surface area contributed by atoms with Gasteiger partial charge in [0, 0.05) is 31.1 Å². The van der Waals surface area contributed by atoms with Gasteiger partial charge in [-0.3, -0.25) is 4.79 Å². The minimum Gasteiger partial charge on any atom is -0.464 e. The lowest BCUT2D eigenvalue weighted by atomic mass is 9.96. The van der Waals surface area contributed by atoms with Crippen LogP contribution in [0.25, 0.3) is 0 Å². The van der Waals surface area contributed by atoms with Crippen LogP contribution in [-0.4, -0.2) is 43.7 Å². The molecule has 2 heterocycles. The molecule has 2 aromatic rings. The summed E-state index contributed by atoms with van der Waals surface area (Å²) in [5.41, 5.74) is 0. The number of furan rings is 1. The van der Waals surface area contributed by atoms with E-state index in [1.807, 2.05) is 19.1 Å². The summed E-state index contributed by atoms with van der Waals surface area (Å²) in [5.74, 6) is 1.30. The maximum atomic E-state index is 12.9. The highest BCUT2D eigenvalue weighted by Gasteiger charge is 2.34. The maximum Gasteiger partial charge on any atom is 0.244 e. The fourth-order valence-corrected chi connectivity index (χ4v) is 5.56. The molecule has 0 bridgehead atoms. The molecule has 0 aliphatic carbocycles. The van der Waals surface area contributed by atoms with Gasteiger partial charge in [0.25, 0.3) is 0 Å². The predicted molar refractivity (Wildman–Crippen MR) is 108 cm³/mol. The van der Waals surface area contributed by atoms with Crippen molar-refractivity contribution in [2.45, 2.75) is 31.2 Å². The van der Waals surface area contributed by atoms with E-state index in [9.17, 15) is 13.2 Å². The Labute approximate surface area is 175 Å². The highest BCUT2D eigenvalue weighted by molar-refractivity contribution is 7.89. The number of aryl methyl sites for hydroxylation is 1. The number of carbonyl (C=O) groups excluding carboxylic acids is 1. The quantitative estimate of drug-likeness (QED) is 0.699. The molecule has 3 rings (SSSR count). The van der Waals surface area contributed by atoms with Crippen molar-refractivity contribution >= 4 is 39.1 Å². The SMILES string of the molecule is Cc1ccc(CN(C)C(=O)C2CCN(S(=O)(=O)c3cc(Cl)ccc3Cl)CC2)o1. The van der Waals surface area contributed by atoms with Crippen molar-refractivity contribution in [3.05, 3.63) is 51.9 Å². The topological polar surface area (TPSA) is 70.8 Å². The number of piperidine rings is 1. The van der Waals surface area contributed by atoms with Gasteiger partial charge in [0.15, 0.2) is 0 Å². The third-order valence-corrected chi connectivity index (χ3v) is 7.49. The second-order valence-corrected chi connectivity index (χ2v) is 9.71. The molecule has 1 aliphatic heterocycles. The average molecular weight is 445 g/mol. The molecule has 0 atom stereocenters. The van der Waals surface area contributed by atoms with E-state index >= 15 is 0 Å². The summed E-state index contributed by atoms with van der Waals surface area (Å²) >= 11 is 12.0. The number of halogens is 2. The molecule has 0 N–H and O–H groups in total. The van der Waals surface area contributed by atoms with Crippen molar-refractivity contribution in [2.24, 2.45) is 5.92 Å². The zero-order valence-corrected chi connectivity index (χ0v) is 18.0. The van der Waals surface area contributed by atoms with Crippen LogP contribution in [0.2, 0.25) is 10.0 Å². The van der Waals surface area contributed by atoms with E-state index in [0.29, 0.717) is 24.4 Å². The van der Waals surface area contributed by atoms with Gasteiger partial charge in [0.05, 0.1) is 11.6 Å². The summed E-state index contributed by atoms with van der Waals surface area (Å²) in [7, 11) is -2.02. The normalized spacial score (nSPS) is 16.3. The highest BCUT2D eigenvalue weighted by Crippen LogP contribution is 2.30. The number of amides is 1. The molecule has 0 saturated carbocycles. The first kappa shape index (κ1) is 21.2. The number of hydrogen-bond acceptors (Lipinski definition) is 4. The van der Waals surface area contributed by atoms with E-state index in [4.69, 9.17) is 27.6 Å². The Balaban J connectivity index is 1.63. The van der Waals surface area contributed by atoms with Gasteiger partial charge in [-0.15, -0.1) is 0 Å². The van der Waals surface area contributed by atoms with E-state index in [-0.39, 0.29) is 34.8 Å². The number of sulfonamides is 1. The van der Waals surface area contributed by atoms with Crippen LogP contribution in [-0.2, 0) is 21.4 Å². The minimum atomic E-state index is -3.75. The number of nitrogens with zero attached hydrogens (tertiary/aromatic N) is 2. The van der Waals surface area contributed by atoms with E-state index < -0.39 is 10.0 Å². The van der Waals surface area contributed by atoms with Gasteiger partial charge in [-0.2, -0.15) is 4.31 Å². The van der Waals surface area contributed by atoms with Crippen LogP contribution < -0.4 is 0 Å². The lowest BCUT2D eigenvalue weighted by Crippen LogP contribution is -2.43. The predicted octanol–water partition coefficient (Wildman–Crippen LogP) is 3.95. The Morgan fingerprint density at radius 2 is 1.89 bits per heavy atom. The van der Waals surface area contributed by atoms with Crippen LogP contribution in [0.3, 0.4) is 0 Å². The lowest BCUT2D eigenvalue weighted by Gasteiger charge is -2.32. The first-order chi connectivity index (χ1) is 13.2. The Kier molecular flexibility index (Phi) is 6.39. The fraction of sp³-hybridized carbons (Fsp3) is 0.421. The summed E-state index contributed by atoms with van der Waals surface area (Å²) in [6.45, 7) is 2.77. The number of carbonyl (C=O) groups is 1. The number of benzene rings is 1. The van der Waals surface area contributed by atoms with E-state index in [2.05, 4.69) is 0 Å². The Morgan fingerprint density at radius 1 is 1.21 bits per heavy atom. The monoisotopic (exact) mass is 444 g/mol. The van der Waals surface area contributed by atoms with Gasteiger partial charge < -0.3 is 9.32 Å². The van der Waals surface area contributed by atoms with Crippen LogP contribution in [0.1, 0.15) is 24.4 Å². The molecule has 1 aromatic carbocycles. The molecule has 28 heavy (non-hydrogen) atoms. The molecule has 1 amide bonds.